The summed E-state index contributed by atoms with van der Waals surface area (Å²) in [7, 11) is 0. The number of carbonyl (C=O) groups is 2. The van der Waals surface area contributed by atoms with Crippen LogP contribution in [0.4, 0.5) is 14.6 Å². The van der Waals surface area contributed by atoms with E-state index in [2.05, 4.69) is 15.3 Å². The number of alkyl halides is 2. The van der Waals surface area contributed by atoms with Gasteiger partial charge in [-0.1, -0.05) is 31.6 Å². The van der Waals surface area contributed by atoms with Gasteiger partial charge in [-0.15, -0.1) is 0 Å². The summed E-state index contributed by atoms with van der Waals surface area (Å²) in [4.78, 5) is 33.0. The summed E-state index contributed by atoms with van der Waals surface area (Å²) in [6, 6.07) is 3.15. The van der Waals surface area contributed by atoms with E-state index in [-0.39, 0.29) is 11.5 Å². The number of aliphatic hydroxyl groups excluding tert-OH is 1. The van der Waals surface area contributed by atoms with Crippen LogP contribution in [0.1, 0.15) is 69.9 Å². The highest BCUT2D eigenvalue weighted by atomic mass is 19.3. The highest BCUT2D eigenvalue weighted by Gasteiger charge is 2.61. The Hall–Kier alpha value is -3.46. The van der Waals surface area contributed by atoms with E-state index in [1.54, 1.807) is 6.07 Å². The summed E-state index contributed by atoms with van der Waals surface area (Å²) in [5.74, 6) is -5.84. The van der Waals surface area contributed by atoms with E-state index in [0.717, 1.165) is 28.7 Å². The Balaban J connectivity index is 2.04. The molecule has 9 heteroatoms. The summed E-state index contributed by atoms with van der Waals surface area (Å²) in [6.07, 6.45) is 5.47. The van der Waals surface area contributed by atoms with Gasteiger partial charge in [-0.05, 0) is 56.4 Å². The number of pyridine rings is 2. The molecule has 1 saturated carbocycles. The van der Waals surface area contributed by atoms with Crippen LogP contribution < -0.4 is 11.1 Å². The predicted octanol–water partition coefficient (Wildman–Crippen LogP) is 5.17. The van der Waals surface area contributed by atoms with Crippen molar-refractivity contribution in [1.82, 2.24) is 9.97 Å². The molecule has 0 radical (unpaired) electrons. The summed E-state index contributed by atoms with van der Waals surface area (Å²) < 4.78 is 26.4. The standard InChI is InChI=1S/C27H32F2N4O3/c1-6-14(4)18(22(34)8-3)9-15(5)17(7-2)19-10-16-13-31-23(11-21(16)32-24(19)25(30)35)33-26(36)20-12-27(20,28)29/h7,9-11,13,20,22,34H,6,8,12H2,1-5H3,(H2,30,35)(H,31,33,36)/b15-9-,17-7+,18-14-/t20-,22?/m1/s1. The van der Waals surface area contributed by atoms with Crippen LogP contribution in [0.2, 0.25) is 0 Å². The number of primary amides is 1. The zero-order valence-electron chi connectivity index (χ0n) is 21.2. The van der Waals surface area contributed by atoms with Gasteiger partial charge in [0, 0.05) is 29.6 Å². The number of aliphatic hydroxyl groups is 1. The zero-order chi connectivity index (χ0) is 26.8. The molecule has 7 nitrogen and oxygen atoms in total. The van der Waals surface area contributed by atoms with Gasteiger partial charge in [0.2, 0.25) is 5.91 Å². The van der Waals surface area contributed by atoms with Crippen LogP contribution in [0.5, 0.6) is 0 Å². The number of halogens is 2. The van der Waals surface area contributed by atoms with Gasteiger partial charge in [0.25, 0.3) is 11.8 Å². The molecule has 0 bridgehead atoms. The van der Waals surface area contributed by atoms with Gasteiger partial charge in [0.05, 0.1) is 11.6 Å². The Bertz CT molecular complexity index is 1300. The van der Waals surface area contributed by atoms with Crippen molar-refractivity contribution in [3.8, 4) is 0 Å². The molecule has 0 spiro atoms. The van der Waals surface area contributed by atoms with Crippen molar-refractivity contribution >= 4 is 34.1 Å². The van der Waals surface area contributed by atoms with E-state index in [1.165, 1.54) is 12.3 Å². The third-order valence-corrected chi connectivity index (χ3v) is 6.47. The lowest BCUT2D eigenvalue weighted by Crippen LogP contribution is -2.18. The molecule has 0 aromatic carbocycles. The first kappa shape index (κ1) is 27.1. The van der Waals surface area contributed by atoms with E-state index >= 15 is 0 Å². The number of fused-ring (bicyclic) bond motifs is 1. The normalized spacial score (nSPS) is 19.1. The summed E-state index contributed by atoms with van der Waals surface area (Å²) >= 11 is 0. The molecular formula is C27H32F2N4O3. The molecule has 1 aliphatic rings. The molecule has 2 aromatic rings. The maximum absolute atomic E-state index is 13.2. The Morgan fingerprint density at radius 1 is 1.31 bits per heavy atom. The van der Waals surface area contributed by atoms with Gasteiger partial charge in [-0.2, -0.15) is 0 Å². The maximum atomic E-state index is 13.2. The third-order valence-electron chi connectivity index (χ3n) is 6.47. The van der Waals surface area contributed by atoms with Crippen molar-refractivity contribution in [2.45, 2.75) is 65.9 Å². The van der Waals surface area contributed by atoms with Gasteiger partial charge in [-0.3, -0.25) is 9.59 Å². The molecule has 4 N–H and O–H groups in total. The molecule has 2 amide bonds. The fourth-order valence-electron chi connectivity index (χ4n) is 4.07. The van der Waals surface area contributed by atoms with Crippen molar-refractivity contribution in [2.75, 3.05) is 5.32 Å². The second-order valence-electron chi connectivity index (χ2n) is 9.06. The topological polar surface area (TPSA) is 118 Å². The van der Waals surface area contributed by atoms with Crippen LogP contribution >= 0.6 is 0 Å². The number of nitrogens with one attached hydrogen (secondary N) is 1. The molecular weight excluding hydrogens is 466 g/mol. The van der Waals surface area contributed by atoms with Gasteiger partial charge >= 0.3 is 0 Å². The average molecular weight is 499 g/mol. The second-order valence-corrected chi connectivity index (χ2v) is 9.06. The van der Waals surface area contributed by atoms with Crippen molar-refractivity contribution in [2.24, 2.45) is 11.7 Å². The van der Waals surface area contributed by atoms with Gasteiger partial charge in [0.1, 0.15) is 17.4 Å². The molecule has 2 atom stereocenters. The van der Waals surface area contributed by atoms with Crippen LogP contribution in [0.25, 0.3) is 16.5 Å². The lowest BCUT2D eigenvalue weighted by atomic mass is 9.91. The Morgan fingerprint density at radius 3 is 2.50 bits per heavy atom. The molecule has 1 aliphatic carbocycles. The first-order valence-corrected chi connectivity index (χ1v) is 12.0. The number of allylic oxidation sites excluding steroid dienone is 4. The van der Waals surface area contributed by atoms with Gasteiger partial charge in [0.15, 0.2) is 0 Å². The van der Waals surface area contributed by atoms with E-state index in [1.807, 2.05) is 46.8 Å². The first-order chi connectivity index (χ1) is 16.9. The molecule has 0 aliphatic heterocycles. The molecule has 0 saturated heterocycles. The Morgan fingerprint density at radius 2 is 1.97 bits per heavy atom. The number of hydrogen-bond acceptors (Lipinski definition) is 5. The monoisotopic (exact) mass is 498 g/mol. The minimum Gasteiger partial charge on any atom is -0.388 e. The minimum absolute atomic E-state index is 0.0225. The van der Waals surface area contributed by atoms with E-state index in [9.17, 15) is 23.5 Å². The fraction of sp³-hybridized carbons (Fsp3) is 0.407. The fourth-order valence-corrected chi connectivity index (χ4v) is 4.07. The summed E-state index contributed by atoms with van der Waals surface area (Å²) in [6.45, 7) is 9.63. The van der Waals surface area contributed by atoms with Crippen LogP contribution in [-0.4, -0.2) is 38.9 Å². The van der Waals surface area contributed by atoms with Crippen LogP contribution in [-0.2, 0) is 4.79 Å². The largest absolute Gasteiger partial charge is 0.388 e. The molecule has 1 fully saturated rings. The first-order valence-electron chi connectivity index (χ1n) is 12.0. The van der Waals surface area contributed by atoms with Crippen molar-refractivity contribution in [1.29, 1.82) is 0 Å². The highest BCUT2D eigenvalue weighted by Crippen LogP contribution is 2.49. The van der Waals surface area contributed by atoms with Crippen molar-refractivity contribution in [3.63, 3.8) is 0 Å². The maximum Gasteiger partial charge on any atom is 0.267 e. The highest BCUT2D eigenvalue weighted by molar-refractivity contribution is 6.02. The predicted molar refractivity (Wildman–Crippen MR) is 136 cm³/mol. The van der Waals surface area contributed by atoms with Crippen molar-refractivity contribution in [3.05, 3.63) is 58.5 Å². The van der Waals surface area contributed by atoms with E-state index in [0.29, 0.717) is 22.9 Å². The number of aromatic nitrogens is 2. The van der Waals surface area contributed by atoms with Gasteiger partial charge in [-0.25, -0.2) is 18.7 Å². The van der Waals surface area contributed by atoms with Crippen LogP contribution in [0.3, 0.4) is 0 Å². The molecule has 192 valence electrons. The lowest BCUT2D eigenvalue weighted by molar-refractivity contribution is -0.119. The average Bonchev–Trinajstić information content (AvgIpc) is 3.49. The minimum atomic E-state index is -2.99. The quantitative estimate of drug-likeness (QED) is 0.412. The second kappa shape index (κ2) is 10.7. The number of anilines is 1. The number of hydrogen-bond donors (Lipinski definition) is 3. The molecule has 1 unspecified atom stereocenters. The van der Waals surface area contributed by atoms with Crippen LogP contribution in [0, 0.1) is 5.92 Å². The Labute approximate surface area is 209 Å². The van der Waals surface area contributed by atoms with E-state index in [4.69, 9.17) is 5.73 Å². The smallest absolute Gasteiger partial charge is 0.267 e. The Kier molecular flexibility index (Phi) is 8.03. The number of amides is 2. The van der Waals surface area contributed by atoms with Crippen molar-refractivity contribution < 1.29 is 23.5 Å². The van der Waals surface area contributed by atoms with Crippen LogP contribution in [0.15, 0.2) is 47.2 Å². The zero-order valence-corrected chi connectivity index (χ0v) is 21.2. The van der Waals surface area contributed by atoms with E-state index < -0.39 is 36.2 Å². The molecule has 36 heavy (non-hydrogen) atoms. The summed E-state index contributed by atoms with van der Waals surface area (Å²) in [5, 5.41) is 13.5. The number of nitrogens with zero attached hydrogens (tertiary/aromatic N) is 2. The third kappa shape index (κ3) is 5.67. The van der Waals surface area contributed by atoms with Gasteiger partial charge < -0.3 is 16.2 Å². The molecule has 2 heterocycles. The number of nitrogens with two attached hydrogens (primary N) is 1. The summed E-state index contributed by atoms with van der Waals surface area (Å²) in [5.41, 5.74) is 9.96. The number of carbonyl (C=O) groups excluding carboxylic acids is 2. The number of rotatable bonds is 9. The lowest BCUT2D eigenvalue weighted by Gasteiger charge is -2.17. The molecule has 3 rings (SSSR count). The molecule has 2 aromatic heterocycles. The SMILES string of the molecule is C\C=C(/C(C)=C\C(=C(/C)CC)C(O)CC)c1cc2cnc(NC(=O)[C@H]3CC3(F)F)cc2nc1C(N)=O.